The van der Waals surface area contributed by atoms with E-state index in [0.717, 1.165) is 12.1 Å². The molecule has 0 aromatic carbocycles. The lowest BCUT2D eigenvalue weighted by atomic mass is 9.87. The minimum atomic E-state index is -0.930. The number of rotatable bonds is 3. The molecule has 0 radical (unpaired) electrons. The third-order valence-electron chi connectivity index (χ3n) is 3.83. The van der Waals surface area contributed by atoms with Crippen molar-refractivity contribution in [1.29, 1.82) is 0 Å². The quantitative estimate of drug-likeness (QED) is 0.863. The van der Waals surface area contributed by atoms with Crippen LogP contribution in [0, 0.1) is 12.3 Å². The number of carboxylic acids is 1. The summed E-state index contributed by atoms with van der Waals surface area (Å²) in [6, 6.07) is 3.65. The molecule has 0 bridgehead atoms. The number of aryl methyl sites for hydroxylation is 1. The van der Waals surface area contributed by atoms with Crippen LogP contribution in [0.4, 0.5) is 5.82 Å². The number of carboxylic acid groups (broad SMARTS) is 1. The number of aromatic carboxylic acids is 1. The van der Waals surface area contributed by atoms with Gasteiger partial charge in [-0.1, -0.05) is 20.3 Å². The number of aromatic nitrogens is 1. The molecule has 2 rings (SSSR count). The van der Waals surface area contributed by atoms with Crippen molar-refractivity contribution in [2.45, 2.75) is 46.1 Å². The van der Waals surface area contributed by atoms with Gasteiger partial charge in [0.2, 0.25) is 0 Å². The van der Waals surface area contributed by atoms with Gasteiger partial charge in [0.05, 0.1) is 0 Å². The zero-order valence-electron chi connectivity index (χ0n) is 11.2. The van der Waals surface area contributed by atoms with Gasteiger partial charge in [-0.2, -0.15) is 0 Å². The van der Waals surface area contributed by atoms with Crippen molar-refractivity contribution < 1.29 is 9.90 Å². The number of nitrogens with zero attached hydrogens (tertiary/aromatic N) is 1. The Hall–Kier alpha value is -1.58. The highest BCUT2D eigenvalue weighted by molar-refractivity contribution is 5.93. The van der Waals surface area contributed by atoms with E-state index in [1.54, 1.807) is 12.1 Å². The van der Waals surface area contributed by atoms with Gasteiger partial charge in [0.1, 0.15) is 11.4 Å². The molecule has 4 heteroatoms. The Bertz CT molecular complexity index is 469. The normalized spacial score (nSPS) is 21.8. The smallest absolute Gasteiger partial charge is 0.339 e. The third-order valence-corrected chi connectivity index (χ3v) is 3.83. The van der Waals surface area contributed by atoms with Crippen LogP contribution < -0.4 is 5.32 Å². The first-order valence-corrected chi connectivity index (χ1v) is 6.37. The van der Waals surface area contributed by atoms with E-state index in [1.807, 2.05) is 6.92 Å². The van der Waals surface area contributed by atoms with Crippen molar-refractivity contribution in [1.82, 2.24) is 4.98 Å². The maximum Gasteiger partial charge on any atom is 0.339 e. The number of carbonyl (C=O) groups is 1. The minimum Gasteiger partial charge on any atom is -0.478 e. The number of hydrogen-bond donors (Lipinski definition) is 2. The molecule has 0 saturated heterocycles. The van der Waals surface area contributed by atoms with Crippen LogP contribution in [0.3, 0.4) is 0 Å². The molecule has 0 spiro atoms. The highest BCUT2D eigenvalue weighted by atomic mass is 16.4. The molecule has 0 amide bonds. The SMILES string of the molecule is Cc1ccc(C(=O)O)c(NC2CCCC2(C)C)n1. The minimum absolute atomic E-state index is 0.196. The topological polar surface area (TPSA) is 62.2 Å². The molecule has 1 fully saturated rings. The van der Waals surface area contributed by atoms with E-state index < -0.39 is 5.97 Å². The van der Waals surface area contributed by atoms with Crippen molar-refractivity contribution in [2.24, 2.45) is 5.41 Å². The molecule has 1 atom stereocenters. The molecule has 1 heterocycles. The van der Waals surface area contributed by atoms with Crippen molar-refractivity contribution in [3.8, 4) is 0 Å². The Morgan fingerprint density at radius 1 is 1.50 bits per heavy atom. The van der Waals surface area contributed by atoms with Crippen LogP contribution in [0.1, 0.15) is 49.2 Å². The van der Waals surface area contributed by atoms with Crippen molar-refractivity contribution in [3.63, 3.8) is 0 Å². The van der Waals surface area contributed by atoms with Crippen LogP contribution >= 0.6 is 0 Å². The van der Waals surface area contributed by atoms with E-state index in [1.165, 1.54) is 12.8 Å². The largest absolute Gasteiger partial charge is 0.478 e. The molecule has 1 aliphatic rings. The molecule has 18 heavy (non-hydrogen) atoms. The van der Waals surface area contributed by atoms with Crippen LogP contribution in [0.25, 0.3) is 0 Å². The summed E-state index contributed by atoms with van der Waals surface area (Å²) in [4.78, 5) is 15.5. The molecular weight excluding hydrogens is 228 g/mol. The third kappa shape index (κ3) is 2.47. The van der Waals surface area contributed by atoms with Gasteiger partial charge in [-0.05, 0) is 37.3 Å². The average molecular weight is 248 g/mol. The van der Waals surface area contributed by atoms with E-state index in [4.69, 9.17) is 0 Å². The summed E-state index contributed by atoms with van der Waals surface area (Å²) in [6.07, 6.45) is 3.42. The summed E-state index contributed by atoms with van der Waals surface area (Å²) in [5.74, 6) is -0.428. The van der Waals surface area contributed by atoms with Gasteiger partial charge in [0.15, 0.2) is 0 Å². The van der Waals surface area contributed by atoms with Crippen molar-refractivity contribution in [3.05, 3.63) is 23.4 Å². The number of nitrogens with one attached hydrogen (secondary N) is 1. The van der Waals surface area contributed by atoms with Gasteiger partial charge in [-0.25, -0.2) is 9.78 Å². The summed E-state index contributed by atoms with van der Waals surface area (Å²) in [5.41, 5.74) is 1.28. The lowest BCUT2D eigenvalue weighted by molar-refractivity contribution is 0.0697. The molecule has 1 aromatic rings. The average Bonchev–Trinajstić information content (AvgIpc) is 2.58. The van der Waals surface area contributed by atoms with Crippen molar-refractivity contribution in [2.75, 3.05) is 5.32 Å². The highest BCUT2D eigenvalue weighted by Crippen LogP contribution is 2.39. The Kier molecular flexibility index (Phi) is 3.28. The summed E-state index contributed by atoms with van der Waals surface area (Å²) in [5, 5.41) is 12.5. The first kappa shape index (κ1) is 12.9. The first-order valence-electron chi connectivity index (χ1n) is 6.37. The molecule has 1 saturated carbocycles. The van der Waals surface area contributed by atoms with E-state index in [0.29, 0.717) is 11.9 Å². The Morgan fingerprint density at radius 3 is 2.78 bits per heavy atom. The van der Waals surface area contributed by atoms with Gasteiger partial charge in [0.25, 0.3) is 0 Å². The zero-order chi connectivity index (χ0) is 13.3. The van der Waals surface area contributed by atoms with Crippen LogP contribution in [-0.2, 0) is 0 Å². The van der Waals surface area contributed by atoms with Crippen LogP contribution in [0.5, 0.6) is 0 Å². The molecule has 0 aliphatic heterocycles. The zero-order valence-corrected chi connectivity index (χ0v) is 11.2. The fourth-order valence-corrected chi connectivity index (χ4v) is 2.60. The highest BCUT2D eigenvalue weighted by Gasteiger charge is 2.35. The van der Waals surface area contributed by atoms with E-state index in [2.05, 4.69) is 24.1 Å². The second kappa shape index (κ2) is 4.59. The van der Waals surface area contributed by atoms with Crippen LogP contribution in [0.2, 0.25) is 0 Å². The van der Waals surface area contributed by atoms with Crippen molar-refractivity contribution >= 4 is 11.8 Å². The van der Waals surface area contributed by atoms with E-state index in [-0.39, 0.29) is 11.0 Å². The summed E-state index contributed by atoms with van der Waals surface area (Å²) < 4.78 is 0. The summed E-state index contributed by atoms with van der Waals surface area (Å²) in [7, 11) is 0. The summed E-state index contributed by atoms with van der Waals surface area (Å²) in [6.45, 7) is 6.30. The maximum absolute atomic E-state index is 11.2. The Balaban J connectivity index is 2.28. The van der Waals surface area contributed by atoms with E-state index in [9.17, 15) is 9.90 Å². The number of anilines is 1. The van der Waals surface area contributed by atoms with Gasteiger partial charge < -0.3 is 10.4 Å². The molecule has 1 aliphatic carbocycles. The number of pyridine rings is 1. The second-order valence-electron chi connectivity index (χ2n) is 5.73. The number of hydrogen-bond acceptors (Lipinski definition) is 3. The van der Waals surface area contributed by atoms with Gasteiger partial charge >= 0.3 is 5.97 Å². The lowest BCUT2D eigenvalue weighted by Crippen LogP contribution is -2.32. The van der Waals surface area contributed by atoms with Crippen LogP contribution in [0.15, 0.2) is 12.1 Å². The Morgan fingerprint density at radius 2 is 2.22 bits per heavy atom. The molecule has 2 N–H and O–H groups in total. The monoisotopic (exact) mass is 248 g/mol. The van der Waals surface area contributed by atoms with E-state index >= 15 is 0 Å². The van der Waals surface area contributed by atoms with Gasteiger partial charge in [-0.15, -0.1) is 0 Å². The molecule has 98 valence electrons. The summed E-state index contributed by atoms with van der Waals surface area (Å²) >= 11 is 0. The lowest BCUT2D eigenvalue weighted by Gasteiger charge is -2.28. The van der Waals surface area contributed by atoms with Gasteiger partial charge in [0, 0.05) is 11.7 Å². The predicted molar refractivity (Wildman–Crippen MR) is 71.0 cm³/mol. The predicted octanol–water partition coefficient (Wildman–Crippen LogP) is 3.08. The standard InChI is InChI=1S/C14H20N2O2/c1-9-6-7-10(13(17)18)12(15-9)16-11-5-4-8-14(11,2)3/h6-7,11H,4-5,8H2,1-3H3,(H,15,16)(H,17,18). The van der Waals surface area contributed by atoms with Gasteiger partial charge in [-0.3, -0.25) is 0 Å². The molecule has 1 unspecified atom stereocenters. The molecular formula is C14H20N2O2. The molecule has 1 aromatic heterocycles. The fraction of sp³-hybridized carbons (Fsp3) is 0.571. The van der Waals surface area contributed by atoms with Crippen LogP contribution in [-0.4, -0.2) is 22.1 Å². The Labute approximate surface area is 107 Å². The molecule has 4 nitrogen and oxygen atoms in total. The second-order valence-corrected chi connectivity index (χ2v) is 5.73. The maximum atomic E-state index is 11.2. The fourth-order valence-electron chi connectivity index (χ4n) is 2.60. The first-order chi connectivity index (χ1) is 8.40.